The number of carbonyl (C=O) groups excluding carboxylic acids is 6. The van der Waals surface area contributed by atoms with Crippen molar-refractivity contribution in [3.63, 3.8) is 0 Å². The van der Waals surface area contributed by atoms with Crippen LogP contribution in [0, 0.1) is 13.8 Å². The van der Waals surface area contributed by atoms with Crippen LogP contribution in [-0.4, -0.2) is 47.3 Å². The van der Waals surface area contributed by atoms with Gasteiger partial charge in [0.05, 0.1) is 40.2 Å². The highest BCUT2D eigenvalue weighted by Gasteiger charge is 2.27. The van der Waals surface area contributed by atoms with Gasteiger partial charge in [-0.3, -0.25) is 28.8 Å². The van der Waals surface area contributed by atoms with Crippen molar-refractivity contribution in [2.45, 2.75) is 39.8 Å². The third-order valence-electron chi connectivity index (χ3n) is 8.78. The van der Waals surface area contributed by atoms with Crippen molar-refractivity contribution in [2.75, 3.05) is 21.3 Å². The van der Waals surface area contributed by atoms with Crippen LogP contribution in [0.25, 0.3) is 0 Å². The molecule has 0 radical (unpaired) electrons. The molecular formula is C42H30Cl8N8O6. The van der Waals surface area contributed by atoms with Crippen LogP contribution >= 0.6 is 92.8 Å². The molecular weight excluding hydrogens is 996 g/mol. The zero-order valence-corrected chi connectivity index (χ0v) is 39.4. The molecule has 0 fully saturated rings. The molecule has 0 aromatic heterocycles. The Labute approximate surface area is 405 Å². The maximum Gasteiger partial charge on any atom is 0.258 e. The second-order valence-corrected chi connectivity index (χ2v) is 16.9. The zero-order chi connectivity index (χ0) is 47.2. The average molecular weight is 1030 g/mol. The first-order valence-electron chi connectivity index (χ1n) is 18.2. The number of Topliss-reactive ketones (excluding diaryl/α,β-unsaturated/α-hetero) is 2. The van der Waals surface area contributed by atoms with Crippen LogP contribution in [0.2, 0.25) is 40.2 Å². The standard InChI is InChI=1S/C42H30Cl8N8O6/c1-17-9-23(53-41(63)37(19(3)59)57-55-32-11-21(5-7-26(32)43)39(61)51-24-13-28(45)34(49)29(46)14-24)10-18(2)36(17)54-42(64)38(20(4)60)58-56-33-12-22(6-8-27(33)44)40(62)52-25-15-30(47)35(50)31(48)16-25/h5-16,37-38H,1-4H3,(H,51,61)(H,52,62)(H,53,63)(H,54,64). The Hall–Kier alpha value is -5.16. The fourth-order valence-corrected chi connectivity index (χ4v) is 7.14. The van der Waals surface area contributed by atoms with E-state index < -0.39 is 47.3 Å². The lowest BCUT2D eigenvalue weighted by molar-refractivity contribution is -0.127. The normalized spacial score (nSPS) is 12.2. The van der Waals surface area contributed by atoms with E-state index >= 15 is 0 Å². The summed E-state index contributed by atoms with van der Waals surface area (Å²) in [6.45, 7) is 5.56. The van der Waals surface area contributed by atoms with Gasteiger partial charge in [0, 0.05) is 33.9 Å². The summed E-state index contributed by atoms with van der Waals surface area (Å²) in [4.78, 5) is 78.1. The molecule has 5 rings (SSSR count). The first-order valence-corrected chi connectivity index (χ1v) is 21.2. The second kappa shape index (κ2) is 21.7. The van der Waals surface area contributed by atoms with E-state index in [1.165, 1.54) is 72.8 Å². The van der Waals surface area contributed by atoms with Crippen LogP contribution in [0.1, 0.15) is 45.7 Å². The lowest BCUT2D eigenvalue weighted by atomic mass is 10.1. The molecule has 330 valence electrons. The van der Waals surface area contributed by atoms with Crippen molar-refractivity contribution >= 4 is 162 Å². The van der Waals surface area contributed by atoms with Crippen LogP contribution < -0.4 is 21.3 Å². The summed E-state index contributed by atoms with van der Waals surface area (Å²) in [6, 6.07) is 13.7. The summed E-state index contributed by atoms with van der Waals surface area (Å²) in [7, 11) is 0. The quantitative estimate of drug-likeness (QED) is 0.0484. The smallest absolute Gasteiger partial charge is 0.258 e. The van der Waals surface area contributed by atoms with Gasteiger partial charge < -0.3 is 21.3 Å². The Morgan fingerprint density at radius 1 is 0.453 bits per heavy atom. The molecule has 0 saturated carbocycles. The summed E-state index contributed by atoms with van der Waals surface area (Å²) in [5.74, 6) is -4.16. The highest BCUT2D eigenvalue weighted by molar-refractivity contribution is 6.49. The molecule has 0 saturated heterocycles. The van der Waals surface area contributed by atoms with E-state index in [4.69, 9.17) is 92.8 Å². The van der Waals surface area contributed by atoms with Crippen LogP contribution in [0.15, 0.2) is 93.3 Å². The van der Waals surface area contributed by atoms with Gasteiger partial charge in [0.25, 0.3) is 23.6 Å². The lowest BCUT2D eigenvalue weighted by Crippen LogP contribution is -2.33. The second-order valence-electron chi connectivity index (χ2n) is 13.7. The number of carbonyl (C=O) groups is 6. The zero-order valence-electron chi connectivity index (χ0n) is 33.3. The SMILES string of the molecule is CC(=O)C(N=Nc1cc(C(=O)Nc2cc(Cl)c(Cl)c(Cl)c2)ccc1Cl)C(=O)Nc1cc(C)c(NC(=O)C(N=Nc2cc(C(=O)Nc3cc(Cl)c(Cl)c(Cl)c3)ccc2Cl)C(C)=O)c(C)c1. The maximum atomic E-state index is 13.4. The number of anilines is 4. The minimum atomic E-state index is -1.63. The molecule has 64 heavy (non-hydrogen) atoms. The minimum Gasteiger partial charge on any atom is -0.324 e. The van der Waals surface area contributed by atoms with E-state index in [2.05, 4.69) is 41.7 Å². The number of ketones is 2. The van der Waals surface area contributed by atoms with E-state index in [-0.39, 0.29) is 79.7 Å². The molecule has 5 aromatic rings. The van der Waals surface area contributed by atoms with Crippen molar-refractivity contribution in [3.05, 3.63) is 135 Å². The molecule has 2 atom stereocenters. The fraction of sp³-hybridized carbons (Fsp3) is 0.143. The summed E-state index contributed by atoms with van der Waals surface area (Å²) in [6.07, 6.45) is 0. The van der Waals surface area contributed by atoms with E-state index in [1.807, 2.05) is 0 Å². The molecule has 4 N–H and O–H groups in total. The van der Waals surface area contributed by atoms with Crippen molar-refractivity contribution < 1.29 is 28.8 Å². The first-order chi connectivity index (χ1) is 30.1. The molecule has 22 heteroatoms. The first kappa shape index (κ1) is 49.8. The Bertz CT molecular complexity index is 2750. The largest absolute Gasteiger partial charge is 0.324 e. The summed E-state index contributed by atoms with van der Waals surface area (Å²) < 4.78 is 0. The van der Waals surface area contributed by atoms with Gasteiger partial charge in [-0.05, 0) is 112 Å². The Morgan fingerprint density at radius 2 is 0.797 bits per heavy atom. The molecule has 0 aliphatic heterocycles. The number of hydrogen-bond acceptors (Lipinski definition) is 10. The van der Waals surface area contributed by atoms with E-state index in [0.29, 0.717) is 16.8 Å². The number of halogens is 8. The number of aryl methyl sites for hydroxylation is 2. The Morgan fingerprint density at radius 3 is 1.16 bits per heavy atom. The number of nitrogens with zero attached hydrogens (tertiary/aromatic N) is 4. The van der Waals surface area contributed by atoms with Gasteiger partial charge in [0.2, 0.25) is 12.1 Å². The van der Waals surface area contributed by atoms with Gasteiger partial charge in [0.15, 0.2) is 11.6 Å². The molecule has 0 bridgehead atoms. The third kappa shape index (κ3) is 12.5. The predicted octanol–water partition coefficient (Wildman–Crippen LogP) is 13.4. The van der Waals surface area contributed by atoms with E-state index in [1.54, 1.807) is 13.8 Å². The molecule has 2 unspecified atom stereocenters. The van der Waals surface area contributed by atoms with Gasteiger partial charge in [-0.15, -0.1) is 0 Å². The van der Waals surface area contributed by atoms with Gasteiger partial charge in [0.1, 0.15) is 11.4 Å². The van der Waals surface area contributed by atoms with Crippen molar-refractivity contribution in [1.29, 1.82) is 0 Å². The fourth-order valence-electron chi connectivity index (χ4n) is 5.63. The number of rotatable bonds is 14. The summed E-state index contributed by atoms with van der Waals surface area (Å²) >= 11 is 48.9. The van der Waals surface area contributed by atoms with Crippen LogP contribution in [0.5, 0.6) is 0 Å². The minimum absolute atomic E-state index is 0.0113. The summed E-state index contributed by atoms with van der Waals surface area (Å²) in [5, 5.41) is 27.4. The average Bonchev–Trinajstić information content (AvgIpc) is 3.21. The molecule has 14 nitrogen and oxygen atoms in total. The summed E-state index contributed by atoms with van der Waals surface area (Å²) in [5.41, 5.74) is 2.17. The number of azo groups is 2. The predicted molar refractivity (Wildman–Crippen MR) is 253 cm³/mol. The molecule has 0 heterocycles. The van der Waals surface area contributed by atoms with Crippen molar-refractivity contribution in [3.8, 4) is 0 Å². The molecule has 0 spiro atoms. The molecule has 4 amide bonds. The number of benzene rings is 5. The van der Waals surface area contributed by atoms with Crippen LogP contribution in [-0.2, 0) is 19.2 Å². The lowest BCUT2D eigenvalue weighted by Gasteiger charge is -2.17. The molecule has 5 aromatic carbocycles. The molecule has 0 aliphatic carbocycles. The Kier molecular flexibility index (Phi) is 16.9. The van der Waals surface area contributed by atoms with Crippen molar-refractivity contribution in [2.24, 2.45) is 20.5 Å². The maximum absolute atomic E-state index is 13.4. The van der Waals surface area contributed by atoms with Crippen LogP contribution in [0.3, 0.4) is 0 Å². The number of hydrogen-bond donors (Lipinski definition) is 4. The Balaban J connectivity index is 1.27. The van der Waals surface area contributed by atoms with Crippen molar-refractivity contribution in [1.82, 2.24) is 0 Å². The number of amides is 4. The van der Waals surface area contributed by atoms with E-state index in [9.17, 15) is 28.8 Å². The highest BCUT2D eigenvalue weighted by atomic mass is 35.5. The van der Waals surface area contributed by atoms with Gasteiger partial charge in [-0.1, -0.05) is 92.8 Å². The third-order valence-corrected chi connectivity index (χ3v) is 11.8. The van der Waals surface area contributed by atoms with Gasteiger partial charge >= 0.3 is 0 Å². The van der Waals surface area contributed by atoms with Gasteiger partial charge in [-0.2, -0.15) is 20.5 Å². The van der Waals surface area contributed by atoms with E-state index in [0.717, 1.165) is 13.8 Å². The van der Waals surface area contributed by atoms with Gasteiger partial charge in [-0.25, -0.2) is 0 Å². The highest BCUT2D eigenvalue weighted by Crippen LogP contribution is 2.36. The monoisotopic (exact) mass is 1020 g/mol. The van der Waals surface area contributed by atoms with Crippen LogP contribution in [0.4, 0.5) is 34.1 Å². The molecule has 0 aliphatic rings. The topological polar surface area (TPSA) is 200 Å². The number of nitrogens with one attached hydrogen (secondary N) is 4.